The van der Waals surface area contributed by atoms with Crippen molar-refractivity contribution in [2.75, 3.05) is 0 Å². The summed E-state index contributed by atoms with van der Waals surface area (Å²) in [5.74, 6) is 0. The van der Waals surface area contributed by atoms with Crippen molar-refractivity contribution in [3.05, 3.63) is 34.4 Å². The van der Waals surface area contributed by atoms with Crippen LogP contribution in [0.1, 0.15) is 29.2 Å². The van der Waals surface area contributed by atoms with E-state index in [4.69, 9.17) is 10.2 Å². The minimum Gasteiger partial charge on any atom is -0.392 e. The van der Waals surface area contributed by atoms with Gasteiger partial charge in [0, 0.05) is 0 Å². The van der Waals surface area contributed by atoms with E-state index < -0.39 is 0 Å². The number of aryl methyl sites for hydroxylation is 1. The Bertz CT molecular complexity index is 267. The van der Waals surface area contributed by atoms with Gasteiger partial charge in [-0.3, -0.25) is 0 Å². The summed E-state index contributed by atoms with van der Waals surface area (Å²) in [6.45, 7) is 4.11. The zero-order chi connectivity index (χ0) is 9.84. The van der Waals surface area contributed by atoms with Crippen molar-refractivity contribution in [1.82, 2.24) is 0 Å². The second-order valence-electron chi connectivity index (χ2n) is 3.23. The van der Waals surface area contributed by atoms with Gasteiger partial charge in [0.2, 0.25) is 0 Å². The molecule has 1 aromatic rings. The lowest BCUT2D eigenvalue weighted by atomic mass is 9.97. The van der Waals surface area contributed by atoms with Gasteiger partial charge >= 0.3 is 0 Å². The molecule has 1 aromatic carbocycles. The van der Waals surface area contributed by atoms with Crippen molar-refractivity contribution in [2.24, 2.45) is 0 Å². The normalized spacial score (nSPS) is 10.5. The molecule has 0 unspecified atom stereocenters. The molecule has 2 heteroatoms. The Kier molecular flexibility index (Phi) is 3.46. The molecule has 0 heterocycles. The smallest absolute Gasteiger partial charge is 0.0684 e. The zero-order valence-electron chi connectivity index (χ0n) is 8.17. The van der Waals surface area contributed by atoms with Crippen molar-refractivity contribution >= 4 is 0 Å². The Morgan fingerprint density at radius 1 is 1.08 bits per heavy atom. The Morgan fingerprint density at radius 2 is 1.54 bits per heavy atom. The van der Waals surface area contributed by atoms with Gasteiger partial charge in [0.25, 0.3) is 0 Å². The summed E-state index contributed by atoms with van der Waals surface area (Å²) in [5, 5.41) is 18.2. The first kappa shape index (κ1) is 10.2. The minimum atomic E-state index is 0.0534. The van der Waals surface area contributed by atoms with Gasteiger partial charge in [-0.15, -0.1) is 0 Å². The Labute approximate surface area is 78.8 Å². The van der Waals surface area contributed by atoms with E-state index in [0.29, 0.717) is 0 Å². The monoisotopic (exact) mass is 180 g/mol. The highest BCUT2D eigenvalue weighted by Gasteiger charge is 2.06. The van der Waals surface area contributed by atoms with E-state index in [1.54, 1.807) is 0 Å². The van der Waals surface area contributed by atoms with E-state index in [2.05, 4.69) is 0 Å². The summed E-state index contributed by atoms with van der Waals surface area (Å²) < 4.78 is 0. The van der Waals surface area contributed by atoms with Gasteiger partial charge in [0.05, 0.1) is 13.2 Å². The highest BCUT2D eigenvalue weighted by molar-refractivity contribution is 5.38. The van der Waals surface area contributed by atoms with Crippen LogP contribution in [-0.2, 0) is 19.6 Å². The second kappa shape index (κ2) is 4.40. The van der Waals surface area contributed by atoms with Gasteiger partial charge < -0.3 is 10.2 Å². The first-order valence-corrected chi connectivity index (χ1v) is 4.55. The molecule has 0 saturated carbocycles. The summed E-state index contributed by atoms with van der Waals surface area (Å²) in [7, 11) is 0. The number of aliphatic hydroxyl groups excluding tert-OH is 2. The first-order chi connectivity index (χ1) is 6.22. The van der Waals surface area contributed by atoms with Crippen molar-refractivity contribution in [3.63, 3.8) is 0 Å². The molecule has 0 spiro atoms. The quantitative estimate of drug-likeness (QED) is 0.740. The summed E-state index contributed by atoms with van der Waals surface area (Å²) in [6, 6.07) is 3.94. The molecule has 0 radical (unpaired) electrons. The predicted octanol–water partition coefficient (Wildman–Crippen LogP) is 1.54. The van der Waals surface area contributed by atoms with Crippen LogP contribution in [0.5, 0.6) is 0 Å². The molecule has 0 aromatic heterocycles. The van der Waals surface area contributed by atoms with Crippen LogP contribution in [0.15, 0.2) is 12.1 Å². The highest BCUT2D eigenvalue weighted by Crippen LogP contribution is 2.18. The molecule has 0 amide bonds. The lowest BCUT2D eigenvalue weighted by Crippen LogP contribution is -2.00. The van der Waals surface area contributed by atoms with E-state index in [0.717, 1.165) is 28.7 Å². The maximum absolute atomic E-state index is 9.11. The molecule has 0 aliphatic rings. The first-order valence-electron chi connectivity index (χ1n) is 4.55. The zero-order valence-corrected chi connectivity index (χ0v) is 8.17. The number of hydrogen-bond acceptors (Lipinski definition) is 2. The minimum absolute atomic E-state index is 0.0534. The fraction of sp³-hybridized carbons (Fsp3) is 0.455. The third kappa shape index (κ3) is 2.08. The lowest BCUT2D eigenvalue weighted by molar-refractivity contribution is 0.273. The summed E-state index contributed by atoms with van der Waals surface area (Å²) in [4.78, 5) is 0. The number of aliphatic hydroxyl groups is 2. The van der Waals surface area contributed by atoms with E-state index in [9.17, 15) is 0 Å². The molecule has 0 aliphatic carbocycles. The molecule has 2 N–H and O–H groups in total. The molecule has 0 aliphatic heterocycles. The second-order valence-corrected chi connectivity index (χ2v) is 3.23. The molecule has 13 heavy (non-hydrogen) atoms. The SMILES string of the molecule is CCc1c(CO)cc(C)cc1CO. The van der Waals surface area contributed by atoms with Crippen LogP contribution in [0, 0.1) is 6.92 Å². The summed E-state index contributed by atoms with van der Waals surface area (Å²) in [6.07, 6.45) is 0.853. The third-order valence-electron chi connectivity index (χ3n) is 2.27. The highest BCUT2D eigenvalue weighted by atomic mass is 16.3. The van der Waals surface area contributed by atoms with Gasteiger partial charge in [-0.25, -0.2) is 0 Å². The van der Waals surface area contributed by atoms with E-state index in [1.807, 2.05) is 26.0 Å². The van der Waals surface area contributed by atoms with Gasteiger partial charge in [0.15, 0.2) is 0 Å². The molecule has 1 rings (SSSR count). The number of hydrogen-bond donors (Lipinski definition) is 2. The standard InChI is InChI=1S/C11H16O2/c1-3-11-9(6-12)4-8(2)5-10(11)7-13/h4-5,12-13H,3,6-7H2,1-2H3. The Hall–Kier alpha value is -0.860. The molecular formula is C11H16O2. The van der Waals surface area contributed by atoms with Crippen LogP contribution in [0.2, 0.25) is 0 Å². The molecule has 0 fully saturated rings. The van der Waals surface area contributed by atoms with Crippen molar-refractivity contribution in [2.45, 2.75) is 33.5 Å². The third-order valence-corrected chi connectivity index (χ3v) is 2.27. The summed E-state index contributed by atoms with van der Waals surface area (Å²) >= 11 is 0. The lowest BCUT2D eigenvalue weighted by Gasteiger charge is -2.11. The van der Waals surface area contributed by atoms with Crippen LogP contribution in [0.3, 0.4) is 0 Å². The molecule has 0 bridgehead atoms. The van der Waals surface area contributed by atoms with Crippen LogP contribution in [0.4, 0.5) is 0 Å². The Morgan fingerprint density at radius 3 is 1.85 bits per heavy atom. The molecule has 2 nitrogen and oxygen atoms in total. The summed E-state index contributed by atoms with van der Waals surface area (Å²) in [5.41, 5.74) is 4.04. The van der Waals surface area contributed by atoms with E-state index >= 15 is 0 Å². The van der Waals surface area contributed by atoms with Crippen molar-refractivity contribution in [3.8, 4) is 0 Å². The maximum Gasteiger partial charge on any atom is 0.0684 e. The molecular weight excluding hydrogens is 164 g/mol. The topological polar surface area (TPSA) is 40.5 Å². The van der Waals surface area contributed by atoms with Crippen LogP contribution in [0.25, 0.3) is 0 Å². The van der Waals surface area contributed by atoms with Gasteiger partial charge in [-0.1, -0.05) is 24.6 Å². The van der Waals surface area contributed by atoms with Crippen LogP contribution >= 0.6 is 0 Å². The average Bonchev–Trinajstić information content (AvgIpc) is 2.16. The number of benzene rings is 1. The molecule has 72 valence electrons. The Balaban J connectivity index is 3.25. The van der Waals surface area contributed by atoms with Gasteiger partial charge in [-0.2, -0.15) is 0 Å². The predicted molar refractivity (Wildman–Crippen MR) is 52.4 cm³/mol. The van der Waals surface area contributed by atoms with E-state index in [1.165, 1.54) is 0 Å². The van der Waals surface area contributed by atoms with Crippen LogP contribution < -0.4 is 0 Å². The fourth-order valence-corrected chi connectivity index (χ4v) is 1.71. The van der Waals surface area contributed by atoms with Gasteiger partial charge in [0.1, 0.15) is 0 Å². The number of rotatable bonds is 3. The van der Waals surface area contributed by atoms with Gasteiger partial charge in [-0.05, 0) is 30.0 Å². The average molecular weight is 180 g/mol. The van der Waals surface area contributed by atoms with Crippen LogP contribution in [-0.4, -0.2) is 10.2 Å². The largest absolute Gasteiger partial charge is 0.392 e. The van der Waals surface area contributed by atoms with Crippen molar-refractivity contribution < 1.29 is 10.2 Å². The molecule has 0 atom stereocenters. The van der Waals surface area contributed by atoms with Crippen molar-refractivity contribution in [1.29, 1.82) is 0 Å². The maximum atomic E-state index is 9.11. The fourth-order valence-electron chi connectivity index (χ4n) is 1.71. The van der Waals surface area contributed by atoms with E-state index in [-0.39, 0.29) is 13.2 Å². The molecule has 0 saturated heterocycles.